The number of morpholine rings is 1. The van der Waals surface area contributed by atoms with E-state index in [0.717, 1.165) is 44.2 Å². The molecule has 1 saturated heterocycles. The number of aryl methyl sites for hydroxylation is 1. The van der Waals surface area contributed by atoms with E-state index in [1.807, 2.05) is 6.92 Å². The molecule has 1 aliphatic heterocycles. The van der Waals surface area contributed by atoms with Crippen molar-refractivity contribution in [3.63, 3.8) is 0 Å². The first-order valence-corrected chi connectivity index (χ1v) is 6.38. The van der Waals surface area contributed by atoms with Gasteiger partial charge in [-0.15, -0.1) is 0 Å². The van der Waals surface area contributed by atoms with E-state index in [1.165, 1.54) is 0 Å². The number of rotatable bonds is 3. The van der Waals surface area contributed by atoms with E-state index in [2.05, 4.69) is 21.8 Å². The lowest BCUT2D eigenvalue weighted by molar-refractivity contribution is -0.0138. The smallest absolute Gasteiger partial charge is 0.144 e. The zero-order chi connectivity index (χ0) is 12.3. The van der Waals surface area contributed by atoms with Gasteiger partial charge in [-0.05, 0) is 19.4 Å². The lowest BCUT2D eigenvalue weighted by Crippen LogP contribution is -2.44. The van der Waals surface area contributed by atoms with Crippen LogP contribution in [0.1, 0.15) is 24.9 Å². The molecule has 2 rings (SSSR count). The molecule has 1 aromatic rings. The van der Waals surface area contributed by atoms with E-state index in [1.54, 1.807) is 6.07 Å². The number of hydrogen-bond donors (Lipinski definition) is 0. The first-order valence-electron chi connectivity index (χ1n) is 6.01. The van der Waals surface area contributed by atoms with Crippen LogP contribution in [-0.2, 0) is 11.3 Å². The van der Waals surface area contributed by atoms with Crippen LogP contribution in [0.5, 0.6) is 0 Å². The summed E-state index contributed by atoms with van der Waals surface area (Å²) in [6, 6.07) is 2.24. The van der Waals surface area contributed by atoms with Crippen molar-refractivity contribution in [1.82, 2.24) is 14.9 Å². The van der Waals surface area contributed by atoms with Gasteiger partial charge in [0.15, 0.2) is 0 Å². The average Bonchev–Trinajstić information content (AvgIpc) is 2.28. The van der Waals surface area contributed by atoms with E-state index in [0.29, 0.717) is 11.2 Å². The van der Waals surface area contributed by atoms with Crippen molar-refractivity contribution in [2.45, 2.75) is 32.9 Å². The summed E-state index contributed by atoms with van der Waals surface area (Å²) >= 11 is 5.94. The van der Waals surface area contributed by atoms with Gasteiger partial charge in [-0.1, -0.05) is 18.5 Å². The van der Waals surface area contributed by atoms with Crippen LogP contribution in [0.3, 0.4) is 0 Å². The highest BCUT2D eigenvalue weighted by molar-refractivity contribution is 6.29. The molecule has 1 unspecified atom stereocenters. The van der Waals surface area contributed by atoms with Crippen molar-refractivity contribution in [2.75, 3.05) is 19.8 Å². The fourth-order valence-electron chi connectivity index (χ4n) is 2.11. The van der Waals surface area contributed by atoms with Crippen LogP contribution in [0.4, 0.5) is 0 Å². The average molecular weight is 256 g/mol. The van der Waals surface area contributed by atoms with Crippen molar-refractivity contribution in [1.29, 1.82) is 0 Å². The minimum Gasteiger partial charge on any atom is -0.378 e. The summed E-state index contributed by atoms with van der Waals surface area (Å²) in [5.74, 6) is 0.801. The minimum absolute atomic E-state index is 0.464. The largest absolute Gasteiger partial charge is 0.378 e. The number of nitrogens with zero attached hydrogens (tertiary/aromatic N) is 3. The molecule has 0 bridgehead atoms. The third-order valence-electron chi connectivity index (χ3n) is 3.03. The first-order chi connectivity index (χ1) is 8.19. The summed E-state index contributed by atoms with van der Waals surface area (Å²) in [5, 5.41) is 0.522. The van der Waals surface area contributed by atoms with Gasteiger partial charge in [-0.2, -0.15) is 0 Å². The summed E-state index contributed by atoms with van der Waals surface area (Å²) in [6.07, 6.45) is 1.08. The Hall–Kier alpha value is -0.710. The van der Waals surface area contributed by atoms with Gasteiger partial charge in [0.25, 0.3) is 0 Å². The van der Waals surface area contributed by atoms with Crippen molar-refractivity contribution in [3.8, 4) is 0 Å². The second kappa shape index (κ2) is 5.76. The third-order valence-corrected chi connectivity index (χ3v) is 3.23. The molecule has 0 N–H and O–H groups in total. The SMILES string of the molecule is CCC1COCCN1Cc1nc(C)cc(Cl)n1. The second-order valence-electron chi connectivity index (χ2n) is 4.36. The summed E-state index contributed by atoms with van der Waals surface area (Å²) in [5.41, 5.74) is 0.918. The summed E-state index contributed by atoms with van der Waals surface area (Å²) in [4.78, 5) is 11.1. The summed E-state index contributed by atoms with van der Waals surface area (Å²) in [7, 11) is 0. The normalized spacial score (nSPS) is 21.7. The molecule has 0 aromatic carbocycles. The number of aromatic nitrogens is 2. The monoisotopic (exact) mass is 255 g/mol. The van der Waals surface area contributed by atoms with Crippen molar-refractivity contribution < 1.29 is 4.74 Å². The van der Waals surface area contributed by atoms with E-state index < -0.39 is 0 Å². The van der Waals surface area contributed by atoms with E-state index >= 15 is 0 Å². The molecule has 0 saturated carbocycles. The van der Waals surface area contributed by atoms with Crippen LogP contribution in [0.2, 0.25) is 5.15 Å². The summed E-state index contributed by atoms with van der Waals surface area (Å²) in [6.45, 7) is 7.40. The molecule has 17 heavy (non-hydrogen) atoms. The topological polar surface area (TPSA) is 38.2 Å². The van der Waals surface area contributed by atoms with Crippen molar-refractivity contribution in [2.24, 2.45) is 0 Å². The van der Waals surface area contributed by atoms with Crippen LogP contribution >= 0.6 is 11.6 Å². The molecule has 0 amide bonds. The zero-order valence-electron chi connectivity index (χ0n) is 10.3. The van der Waals surface area contributed by atoms with E-state index in [9.17, 15) is 0 Å². The molecule has 94 valence electrons. The maximum atomic E-state index is 5.94. The molecule has 1 aromatic heterocycles. The quantitative estimate of drug-likeness (QED) is 0.775. The molecular weight excluding hydrogens is 238 g/mol. The Morgan fingerprint density at radius 2 is 2.35 bits per heavy atom. The molecule has 0 spiro atoms. The van der Waals surface area contributed by atoms with Gasteiger partial charge in [0.05, 0.1) is 19.8 Å². The maximum absolute atomic E-state index is 5.94. The molecule has 2 heterocycles. The van der Waals surface area contributed by atoms with E-state index in [-0.39, 0.29) is 0 Å². The van der Waals surface area contributed by atoms with Gasteiger partial charge in [0.1, 0.15) is 11.0 Å². The third kappa shape index (κ3) is 3.37. The predicted octanol–water partition coefficient (Wildman–Crippen LogP) is 2.05. The molecular formula is C12H18ClN3O. The number of ether oxygens (including phenoxy) is 1. The van der Waals surface area contributed by atoms with Crippen LogP contribution < -0.4 is 0 Å². The van der Waals surface area contributed by atoms with E-state index in [4.69, 9.17) is 16.3 Å². The predicted molar refractivity (Wildman–Crippen MR) is 67.1 cm³/mol. The zero-order valence-corrected chi connectivity index (χ0v) is 11.1. The highest BCUT2D eigenvalue weighted by atomic mass is 35.5. The molecule has 5 heteroatoms. The molecule has 0 radical (unpaired) electrons. The van der Waals surface area contributed by atoms with Gasteiger partial charge in [0, 0.05) is 18.3 Å². The highest BCUT2D eigenvalue weighted by Crippen LogP contribution is 2.14. The Morgan fingerprint density at radius 3 is 3.06 bits per heavy atom. The standard InChI is InChI=1S/C12H18ClN3O/c1-3-10-8-17-5-4-16(10)7-12-14-9(2)6-11(13)15-12/h6,10H,3-5,7-8H2,1-2H3. The Balaban J connectivity index is 2.08. The van der Waals surface area contributed by atoms with Crippen LogP contribution in [0, 0.1) is 6.92 Å². The Labute approximate surface area is 107 Å². The maximum Gasteiger partial charge on any atom is 0.144 e. The first kappa shape index (κ1) is 12.7. The Bertz CT molecular complexity index is 366. The van der Waals surface area contributed by atoms with Gasteiger partial charge in [-0.25, -0.2) is 9.97 Å². The Morgan fingerprint density at radius 1 is 1.53 bits per heavy atom. The lowest BCUT2D eigenvalue weighted by Gasteiger charge is -2.34. The molecule has 0 aliphatic carbocycles. The molecule has 4 nitrogen and oxygen atoms in total. The van der Waals surface area contributed by atoms with Crippen LogP contribution in [0.15, 0.2) is 6.07 Å². The van der Waals surface area contributed by atoms with Crippen LogP contribution in [-0.4, -0.2) is 40.7 Å². The van der Waals surface area contributed by atoms with Crippen molar-refractivity contribution in [3.05, 3.63) is 22.7 Å². The van der Waals surface area contributed by atoms with Gasteiger partial charge < -0.3 is 4.74 Å². The highest BCUT2D eigenvalue weighted by Gasteiger charge is 2.22. The number of hydrogen-bond acceptors (Lipinski definition) is 4. The fraction of sp³-hybridized carbons (Fsp3) is 0.667. The molecule has 1 atom stereocenters. The molecule has 1 aliphatic rings. The minimum atomic E-state index is 0.464. The van der Waals surface area contributed by atoms with Gasteiger partial charge in [0.2, 0.25) is 0 Å². The second-order valence-corrected chi connectivity index (χ2v) is 4.74. The number of halogens is 1. The lowest BCUT2D eigenvalue weighted by atomic mass is 10.2. The van der Waals surface area contributed by atoms with Crippen molar-refractivity contribution >= 4 is 11.6 Å². The fourth-order valence-corrected chi connectivity index (χ4v) is 2.37. The Kier molecular flexibility index (Phi) is 4.31. The summed E-state index contributed by atoms with van der Waals surface area (Å²) < 4.78 is 5.48. The van der Waals surface area contributed by atoms with Crippen LogP contribution in [0.25, 0.3) is 0 Å². The van der Waals surface area contributed by atoms with Gasteiger partial charge in [-0.3, -0.25) is 4.90 Å². The van der Waals surface area contributed by atoms with Gasteiger partial charge >= 0.3 is 0 Å². The molecule has 1 fully saturated rings.